The van der Waals surface area contributed by atoms with Crippen molar-refractivity contribution >= 4 is 23.2 Å². The van der Waals surface area contributed by atoms with Crippen LogP contribution in [0.2, 0.25) is 5.15 Å². The lowest BCUT2D eigenvalue weighted by Crippen LogP contribution is -2.28. The fraction of sp³-hybridized carbons (Fsp3) is 0.350. The van der Waals surface area contributed by atoms with E-state index in [1.165, 1.54) is 12.3 Å². The number of nitrogens with one attached hydrogen (secondary N) is 1. The summed E-state index contributed by atoms with van der Waals surface area (Å²) in [6.07, 6.45) is -3.44. The second-order valence-corrected chi connectivity index (χ2v) is 7.89. The van der Waals surface area contributed by atoms with E-state index < -0.39 is 60.1 Å². The van der Waals surface area contributed by atoms with Gasteiger partial charge in [-0.1, -0.05) is 11.6 Å². The molecule has 35 heavy (non-hydrogen) atoms. The Morgan fingerprint density at radius 2 is 2.03 bits per heavy atom. The van der Waals surface area contributed by atoms with Crippen molar-refractivity contribution in [3.05, 3.63) is 56.7 Å². The summed E-state index contributed by atoms with van der Waals surface area (Å²) in [7, 11) is 0. The molecule has 3 rings (SSSR count). The average Bonchev–Trinajstić information content (AvgIpc) is 3.10. The van der Waals surface area contributed by atoms with Crippen LogP contribution in [-0.4, -0.2) is 48.1 Å². The molecule has 3 aromatic rings. The van der Waals surface area contributed by atoms with E-state index in [0.29, 0.717) is 16.3 Å². The number of pyridine rings is 2. The molecule has 0 fully saturated rings. The van der Waals surface area contributed by atoms with Crippen molar-refractivity contribution in [1.29, 1.82) is 0 Å². The molecule has 3 heterocycles. The van der Waals surface area contributed by atoms with Crippen LogP contribution in [0.3, 0.4) is 0 Å². The van der Waals surface area contributed by atoms with E-state index in [0.717, 1.165) is 4.57 Å². The van der Waals surface area contributed by atoms with Gasteiger partial charge < -0.3 is 15.2 Å². The van der Waals surface area contributed by atoms with Crippen molar-refractivity contribution in [2.24, 2.45) is 0 Å². The number of alkyl halides is 3. The zero-order chi connectivity index (χ0) is 26.1. The molecule has 2 N–H and O–H groups in total. The lowest BCUT2D eigenvalue weighted by Gasteiger charge is -2.15. The van der Waals surface area contributed by atoms with Crippen LogP contribution in [0.1, 0.15) is 41.6 Å². The molecule has 0 saturated carbocycles. The van der Waals surface area contributed by atoms with Crippen molar-refractivity contribution in [3.63, 3.8) is 0 Å². The van der Waals surface area contributed by atoms with Crippen LogP contribution in [0.25, 0.3) is 5.82 Å². The smallest absolute Gasteiger partial charge is 0.422 e. The van der Waals surface area contributed by atoms with Crippen LogP contribution in [-0.2, 0) is 6.61 Å². The Hall–Kier alpha value is -3.52. The molecular weight excluding hydrogens is 500 g/mol. The maximum absolute atomic E-state index is 15.0. The topological polar surface area (TPSA) is 124 Å². The highest BCUT2D eigenvalue weighted by molar-refractivity contribution is 6.32. The zero-order valence-electron chi connectivity index (χ0n) is 18.5. The summed E-state index contributed by atoms with van der Waals surface area (Å²) in [5, 5.41) is 15.5. The summed E-state index contributed by atoms with van der Waals surface area (Å²) >= 11 is 5.97. The highest BCUT2D eigenvalue weighted by Gasteiger charge is 2.31. The number of nitrogens with zero attached hydrogens (tertiary/aromatic N) is 5. The molecule has 0 atom stereocenters. The van der Waals surface area contributed by atoms with Gasteiger partial charge in [0.05, 0.1) is 5.69 Å². The van der Waals surface area contributed by atoms with Crippen LogP contribution in [0.5, 0.6) is 5.88 Å². The number of aliphatic hydroxyl groups is 1. The molecular formula is C20H19ClF4N6O4. The van der Waals surface area contributed by atoms with E-state index in [9.17, 15) is 27.9 Å². The molecule has 0 bridgehead atoms. The summed E-state index contributed by atoms with van der Waals surface area (Å²) in [4.78, 5) is 33.0. The molecule has 0 aliphatic carbocycles. The molecule has 0 spiro atoms. The third-order valence-electron chi connectivity index (χ3n) is 4.63. The lowest BCUT2D eigenvalue weighted by atomic mass is 10.2. The third kappa shape index (κ3) is 5.59. The number of hydrogen-bond donors (Lipinski definition) is 2. The van der Waals surface area contributed by atoms with Crippen molar-refractivity contribution in [2.45, 2.75) is 39.6 Å². The summed E-state index contributed by atoms with van der Waals surface area (Å²) in [6, 6.07) is 1.59. The number of anilines is 1. The Labute approximate surface area is 200 Å². The molecule has 0 aromatic carbocycles. The van der Waals surface area contributed by atoms with Gasteiger partial charge in [-0.25, -0.2) is 14.2 Å². The van der Waals surface area contributed by atoms with Crippen LogP contribution in [0.4, 0.5) is 23.2 Å². The maximum Gasteiger partial charge on any atom is 0.422 e. The first-order valence-electron chi connectivity index (χ1n) is 9.98. The number of hydrogen-bond acceptors (Lipinski definition) is 7. The molecule has 10 nitrogen and oxygen atoms in total. The van der Waals surface area contributed by atoms with Gasteiger partial charge in [0.2, 0.25) is 5.88 Å². The minimum atomic E-state index is -4.81. The zero-order valence-corrected chi connectivity index (χ0v) is 19.3. The summed E-state index contributed by atoms with van der Waals surface area (Å²) in [5.41, 5.74) is -1.09. The fourth-order valence-electron chi connectivity index (χ4n) is 3.07. The van der Waals surface area contributed by atoms with Crippen LogP contribution < -0.4 is 15.7 Å². The lowest BCUT2D eigenvalue weighted by molar-refractivity contribution is -0.154. The quantitative estimate of drug-likeness (QED) is 0.363. The Morgan fingerprint density at radius 3 is 2.57 bits per heavy atom. The van der Waals surface area contributed by atoms with E-state index in [-0.39, 0.29) is 16.7 Å². The van der Waals surface area contributed by atoms with Gasteiger partial charge in [0, 0.05) is 12.2 Å². The first-order chi connectivity index (χ1) is 16.3. The average molecular weight is 519 g/mol. The Balaban J connectivity index is 2.13. The van der Waals surface area contributed by atoms with E-state index in [2.05, 4.69) is 25.1 Å². The Bertz CT molecular complexity index is 1300. The van der Waals surface area contributed by atoms with Crippen LogP contribution in [0, 0.1) is 12.7 Å². The van der Waals surface area contributed by atoms with E-state index in [1.807, 2.05) is 0 Å². The number of rotatable bonds is 7. The SMILES string of the molecule is Cc1ccnc(Cl)c1NC(=O)c1cc(F)c(-n2nc(CO)n(C(C)C)c2=O)nc1OCC(F)(F)F. The van der Waals surface area contributed by atoms with Crippen LogP contribution >= 0.6 is 11.6 Å². The maximum atomic E-state index is 15.0. The summed E-state index contributed by atoms with van der Waals surface area (Å²) in [5.74, 6) is -4.22. The Morgan fingerprint density at radius 1 is 1.34 bits per heavy atom. The van der Waals surface area contributed by atoms with Crippen molar-refractivity contribution < 1.29 is 32.2 Å². The van der Waals surface area contributed by atoms with E-state index in [4.69, 9.17) is 11.6 Å². The first kappa shape index (κ1) is 26.1. The number of carbonyl (C=O) groups is 1. The number of amides is 1. The largest absolute Gasteiger partial charge is 0.467 e. The molecule has 0 aliphatic rings. The van der Waals surface area contributed by atoms with Gasteiger partial charge >= 0.3 is 11.9 Å². The first-order valence-corrected chi connectivity index (χ1v) is 10.4. The summed E-state index contributed by atoms with van der Waals surface area (Å²) < 4.78 is 59.7. The molecule has 3 aromatic heterocycles. The molecule has 15 heteroatoms. The van der Waals surface area contributed by atoms with Gasteiger partial charge in [-0.05, 0) is 38.5 Å². The van der Waals surface area contributed by atoms with Gasteiger partial charge in [0.1, 0.15) is 12.2 Å². The van der Waals surface area contributed by atoms with Gasteiger partial charge in [0.25, 0.3) is 5.91 Å². The number of aromatic nitrogens is 5. The van der Waals surface area contributed by atoms with Gasteiger partial charge in [-0.2, -0.15) is 22.8 Å². The molecule has 1 amide bonds. The number of halogens is 5. The normalized spacial score (nSPS) is 11.7. The van der Waals surface area contributed by atoms with Gasteiger partial charge in [-0.15, -0.1) is 5.10 Å². The van der Waals surface area contributed by atoms with Crippen molar-refractivity contribution in [1.82, 2.24) is 24.3 Å². The predicted molar refractivity (Wildman–Crippen MR) is 115 cm³/mol. The van der Waals surface area contributed by atoms with Gasteiger partial charge in [0.15, 0.2) is 29.2 Å². The molecule has 0 radical (unpaired) electrons. The minimum absolute atomic E-state index is 0.0462. The highest BCUT2D eigenvalue weighted by atomic mass is 35.5. The number of aliphatic hydroxyl groups excluding tert-OH is 1. The number of carbonyl (C=O) groups excluding carboxylic acids is 1. The van der Waals surface area contributed by atoms with E-state index >= 15 is 4.39 Å². The predicted octanol–water partition coefficient (Wildman–Crippen LogP) is 3.19. The van der Waals surface area contributed by atoms with Crippen molar-refractivity contribution in [3.8, 4) is 11.7 Å². The molecule has 0 aliphatic heterocycles. The standard InChI is InChI=1S/C20H19ClF4N6O4/c1-9(2)30-13(7-32)29-31(19(30)34)16-12(22)6-11(18(28-16)35-8-20(23,24)25)17(33)27-14-10(3)4-5-26-15(14)21/h4-6,9,32H,7-8H2,1-3H3,(H,27,33). The third-order valence-corrected chi connectivity index (χ3v) is 4.92. The van der Waals surface area contributed by atoms with Crippen molar-refractivity contribution in [2.75, 3.05) is 11.9 Å². The monoisotopic (exact) mass is 518 g/mol. The number of aryl methyl sites for hydroxylation is 1. The molecule has 0 unspecified atom stereocenters. The fourth-order valence-corrected chi connectivity index (χ4v) is 3.33. The summed E-state index contributed by atoms with van der Waals surface area (Å²) in [6.45, 7) is 2.27. The second-order valence-electron chi connectivity index (χ2n) is 7.53. The van der Waals surface area contributed by atoms with E-state index in [1.54, 1.807) is 20.8 Å². The molecule has 0 saturated heterocycles. The van der Waals surface area contributed by atoms with Gasteiger partial charge in [-0.3, -0.25) is 9.36 Å². The highest BCUT2D eigenvalue weighted by Crippen LogP contribution is 2.28. The minimum Gasteiger partial charge on any atom is -0.467 e. The van der Waals surface area contributed by atoms with Crippen LogP contribution in [0.15, 0.2) is 23.1 Å². The second kappa shape index (κ2) is 10.00. The Kier molecular flexibility index (Phi) is 7.45. The molecule has 188 valence electrons. The number of ether oxygens (including phenoxy) is 1.